The summed E-state index contributed by atoms with van der Waals surface area (Å²) in [7, 11) is 3.81. The molecule has 1 aromatic carbocycles. The van der Waals surface area contributed by atoms with Gasteiger partial charge in [0.05, 0.1) is 6.54 Å². The molecule has 27 heavy (non-hydrogen) atoms. The number of hydrogen-bond acceptors (Lipinski definition) is 7. The first-order valence-electron chi connectivity index (χ1n) is 8.95. The fourth-order valence-electron chi connectivity index (χ4n) is 3.15. The molecule has 0 bridgehead atoms. The van der Waals surface area contributed by atoms with Crippen LogP contribution in [0.4, 0.5) is 5.82 Å². The Morgan fingerprint density at radius 2 is 2.00 bits per heavy atom. The molecule has 0 spiro atoms. The van der Waals surface area contributed by atoms with E-state index in [0.717, 1.165) is 12.2 Å². The molecule has 2 aromatic rings. The quantitative estimate of drug-likeness (QED) is 0.804. The summed E-state index contributed by atoms with van der Waals surface area (Å²) in [5.74, 6) is 2.42. The molecule has 3 heterocycles. The van der Waals surface area contributed by atoms with Crippen LogP contribution in [0, 0.1) is 0 Å². The van der Waals surface area contributed by atoms with Gasteiger partial charge < -0.3 is 24.0 Å². The first-order chi connectivity index (χ1) is 13.1. The molecular formula is C19H22N4O4. The van der Waals surface area contributed by atoms with E-state index in [1.54, 1.807) is 17.0 Å². The maximum atomic E-state index is 12.8. The second-order valence-electron chi connectivity index (χ2n) is 6.80. The molecule has 2 atom stereocenters. The van der Waals surface area contributed by atoms with E-state index in [4.69, 9.17) is 14.2 Å². The van der Waals surface area contributed by atoms with Gasteiger partial charge in [-0.15, -0.1) is 10.2 Å². The van der Waals surface area contributed by atoms with E-state index < -0.39 is 6.10 Å². The smallest absolute Gasteiger partial charge is 0.267 e. The van der Waals surface area contributed by atoms with Crippen LogP contribution in [0.25, 0.3) is 0 Å². The zero-order valence-corrected chi connectivity index (χ0v) is 15.4. The highest BCUT2D eigenvalue weighted by Gasteiger charge is 2.35. The highest BCUT2D eigenvalue weighted by atomic mass is 16.6. The molecule has 0 radical (unpaired) electrons. The van der Waals surface area contributed by atoms with Crippen molar-refractivity contribution in [3.8, 4) is 17.4 Å². The average molecular weight is 370 g/mol. The minimum absolute atomic E-state index is 0.0790. The third kappa shape index (κ3) is 3.74. The Hall–Kier alpha value is -3.03. The first-order valence-corrected chi connectivity index (χ1v) is 8.95. The standard InChI is InChI=1S/C19H22N4O4/c1-22(2)17-7-8-18(21-20-17)26-13-9-10-23(11-13)19(24)16-12-25-14-5-3-4-6-15(14)27-16/h3-8,13,16H,9-12H2,1-2H3/t13-,16+/m0/s1. The van der Waals surface area contributed by atoms with E-state index >= 15 is 0 Å². The van der Waals surface area contributed by atoms with Gasteiger partial charge in [0, 0.05) is 33.1 Å². The number of ether oxygens (including phenoxy) is 3. The fraction of sp³-hybridized carbons (Fsp3) is 0.421. The largest absolute Gasteiger partial charge is 0.485 e. The molecule has 2 aliphatic rings. The van der Waals surface area contributed by atoms with Gasteiger partial charge in [-0.2, -0.15) is 0 Å². The van der Waals surface area contributed by atoms with Gasteiger partial charge in [0.1, 0.15) is 12.7 Å². The predicted molar refractivity (Wildman–Crippen MR) is 98.3 cm³/mol. The van der Waals surface area contributed by atoms with Gasteiger partial charge in [-0.3, -0.25) is 4.79 Å². The topological polar surface area (TPSA) is 77.0 Å². The van der Waals surface area contributed by atoms with Crippen LogP contribution < -0.4 is 19.1 Å². The number of benzene rings is 1. The molecule has 8 heteroatoms. The lowest BCUT2D eigenvalue weighted by molar-refractivity contribution is -0.140. The maximum absolute atomic E-state index is 12.8. The van der Waals surface area contributed by atoms with E-state index in [9.17, 15) is 4.79 Å². The van der Waals surface area contributed by atoms with E-state index in [1.807, 2.05) is 43.3 Å². The number of hydrogen-bond donors (Lipinski definition) is 0. The Morgan fingerprint density at radius 3 is 2.74 bits per heavy atom. The lowest BCUT2D eigenvalue weighted by atomic mass is 10.2. The molecule has 142 valence electrons. The fourth-order valence-corrected chi connectivity index (χ4v) is 3.15. The van der Waals surface area contributed by atoms with Gasteiger partial charge in [0.2, 0.25) is 12.0 Å². The summed E-state index contributed by atoms with van der Waals surface area (Å²) < 4.78 is 17.3. The van der Waals surface area contributed by atoms with Gasteiger partial charge >= 0.3 is 0 Å². The highest BCUT2D eigenvalue weighted by molar-refractivity contribution is 5.82. The number of para-hydroxylation sites is 2. The van der Waals surface area contributed by atoms with Crippen LogP contribution in [0.15, 0.2) is 36.4 Å². The Morgan fingerprint density at radius 1 is 1.19 bits per heavy atom. The van der Waals surface area contributed by atoms with Gasteiger partial charge in [0.15, 0.2) is 17.3 Å². The molecule has 0 saturated carbocycles. The lowest BCUT2D eigenvalue weighted by Crippen LogP contribution is -2.46. The summed E-state index contributed by atoms with van der Waals surface area (Å²) in [6, 6.07) is 11.0. The molecule has 1 aromatic heterocycles. The van der Waals surface area contributed by atoms with Gasteiger partial charge in [-0.05, 0) is 18.2 Å². The van der Waals surface area contributed by atoms with Crippen LogP contribution in [-0.2, 0) is 4.79 Å². The zero-order valence-electron chi connectivity index (χ0n) is 15.4. The number of carbonyl (C=O) groups excluding carboxylic acids is 1. The highest BCUT2D eigenvalue weighted by Crippen LogP contribution is 2.31. The Labute approximate surface area is 157 Å². The molecule has 8 nitrogen and oxygen atoms in total. The summed E-state index contributed by atoms with van der Waals surface area (Å²) in [6.07, 6.45) is 0.00980. The molecular weight excluding hydrogens is 348 g/mol. The molecule has 0 aliphatic carbocycles. The Balaban J connectivity index is 1.33. The van der Waals surface area contributed by atoms with Crippen molar-refractivity contribution in [2.75, 3.05) is 38.7 Å². The van der Waals surface area contributed by atoms with Crippen LogP contribution in [0.1, 0.15) is 6.42 Å². The minimum Gasteiger partial charge on any atom is -0.485 e. The number of nitrogens with zero attached hydrogens (tertiary/aromatic N) is 4. The molecule has 1 saturated heterocycles. The number of likely N-dealkylation sites (tertiary alicyclic amines) is 1. The Bertz CT molecular complexity index is 812. The number of rotatable bonds is 4. The minimum atomic E-state index is -0.627. The summed E-state index contributed by atoms with van der Waals surface area (Å²) in [5.41, 5.74) is 0. The zero-order chi connectivity index (χ0) is 18.8. The van der Waals surface area contributed by atoms with Crippen molar-refractivity contribution in [2.24, 2.45) is 0 Å². The summed E-state index contributed by atoms with van der Waals surface area (Å²) >= 11 is 0. The number of carbonyl (C=O) groups is 1. The second kappa shape index (κ2) is 7.30. The monoisotopic (exact) mass is 370 g/mol. The van der Waals surface area contributed by atoms with Gasteiger partial charge in [0.25, 0.3) is 5.91 Å². The molecule has 1 fully saturated rings. The number of fused-ring (bicyclic) bond motifs is 1. The molecule has 0 unspecified atom stereocenters. The van der Waals surface area contributed by atoms with E-state index in [0.29, 0.717) is 30.5 Å². The van der Waals surface area contributed by atoms with E-state index in [1.165, 1.54) is 0 Å². The van der Waals surface area contributed by atoms with Crippen molar-refractivity contribution >= 4 is 11.7 Å². The van der Waals surface area contributed by atoms with Crippen LogP contribution in [-0.4, -0.2) is 67.0 Å². The van der Waals surface area contributed by atoms with E-state index in [2.05, 4.69) is 10.2 Å². The normalized spacial score (nSPS) is 21.0. The second-order valence-corrected chi connectivity index (χ2v) is 6.80. The summed E-state index contributed by atoms with van der Waals surface area (Å²) in [5, 5.41) is 8.19. The third-order valence-electron chi connectivity index (χ3n) is 4.61. The van der Waals surface area contributed by atoms with Crippen LogP contribution in [0.2, 0.25) is 0 Å². The summed E-state index contributed by atoms with van der Waals surface area (Å²) in [6.45, 7) is 1.33. The van der Waals surface area contributed by atoms with Crippen molar-refractivity contribution in [3.63, 3.8) is 0 Å². The van der Waals surface area contributed by atoms with Crippen LogP contribution in [0.5, 0.6) is 17.4 Å². The first kappa shape index (κ1) is 17.4. The van der Waals surface area contributed by atoms with Crippen molar-refractivity contribution in [3.05, 3.63) is 36.4 Å². The maximum Gasteiger partial charge on any atom is 0.267 e. The van der Waals surface area contributed by atoms with Crippen molar-refractivity contribution in [1.82, 2.24) is 15.1 Å². The van der Waals surface area contributed by atoms with Gasteiger partial charge in [-0.1, -0.05) is 12.1 Å². The van der Waals surface area contributed by atoms with Gasteiger partial charge in [-0.25, -0.2) is 0 Å². The number of aromatic nitrogens is 2. The molecule has 0 N–H and O–H groups in total. The molecule has 2 aliphatic heterocycles. The third-order valence-corrected chi connectivity index (χ3v) is 4.61. The van der Waals surface area contributed by atoms with Crippen molar-refractivity contribution in [2.45, 2.75) is 18.6 Å². The van der Waals surface area contributed by atoms with Crippen LogP contribution >= 0.6 is 0 Å². The molecule has 4 rings (SSSR count). The Kier molecular flexibility index (Phi) is 4.70. The number of amides is 1. The van der Waals surface area contributed by atoms with E-state index in [-0.39, 0.29) is 18.6 Å². The van der Waals surface area contributed by atoms with Crippen molar-refractivity contribution in [1.29, 1.82) is 0 Å². The number of anilines is 1. The lowest BCUT2D eigenvalue weighted by Gasteiger charge is -2.28. The van der Waals surface area contributed by atoms with Crippen molar-refractivity contribution < 1.29 is 19.0 Å². The SMILES string of the molecule is CN(C)c1ccc(O[C@H]2CCN(C(=O)[C@H]3COc4ccccc4O3)C2)nn1. The summed E-state index contributed by atoms with van der Waals surface area (Å²) in [4.78, 5) is 16.4. The molecule has 1 amide bonds. The van der Waals surface area contributed by atoms with Crippen LogP contribution in [0.3, 0.4) is 0 Å². The average Bonchev–Trinajstić information content (AvgIpc) is 3.16. The predicted octanol–water partition coefficient (Wildman–Crippen LogP) is 1.36.